The number of ether oxygens (including phenoxy) is 2. The Balaban J connectivity index is 1.62. The second-order valence-corrected chi connectivity index (χ2v) is 5.85. The van der Waals surface area contributed by atoms with Crippen molar-refractivity contribution in [2.24, 2.45) is 0 Å². The van der Waals surface area contributed by atoms with Gasteiger partial charge in [-0.3, -0.25) is 9.89 Å². The van der Waals surface area contributed by atoms with Crippen LogP contribution in [-0.2, 0) is 6.61 Å². The highest BCUT2D eigenvalue weighted by molar-refractivity contribution is 5.92. The van der Waals surface area contributed by atoms with E-state index in [4.69, 9.17) is 13.9 Å². The summed E-state index contributed by atoms with van der Waals surface area (Å²) in [4.78, 5) is 14.2. The number of benzene rings is 1. The van der Waals surface area contributed by atoms with Gasteiger partial charge in [-0.25, -0.2) is 0 Å². The fourth-order valence-corrected chi connectivity index (χ4v) is 2.47. The van der Waals surface area contributed by atoms with Crippen molar-refractivity contribution in [3.8, 4) is 11.5 Å². The third-order valence-electron chi connectivity index (χ3n) is 4.14. The predicted octanol–water partition coefficient (Wildman–Crippen LogP) is 3.42. The van der Waals surface area contributed by atoms with Crippen LogP contribution in [0.4, 0.5) is 0 Å². The Morgan fingerprint density at radius 1 is 1.27 bits per heavy atom. The van der Waals surface area contributed by atoms with Crippen LogP contribution in [0.15, 0.2) is 53.1 Å². The second-order valence-electron chi connectivity index (χ2n) is 5.85. The lowest BCUT2D eigenvalue weighted by atomic mass is 10.2. The molecule has 1 amide bonds. The maximum Gasteiger partial charge on any atom is 0.274 e. The van der Waals surface area contributed by atoms with Crippen molar-refractivity contribution < 1.29 is 18.7 Å². The third-order valence-corrected chi connectivity index (χ3v) is 4.14. The van der Waals surface area contributed by atoms with Crippen LogP contribution >= 0.6 is 0 Å². The Bertz CT molecular complexity index is 857. The van der Waals surface area contributed by atoms with E-state index in [1.54, 1.807) is 43.5 Å². The molecule has 1 aromatic carbocycles. The van der Waals surface area contributed by atoms with Crippen molar-refractivity contribution in [2.75, 3.05) is 14.2 Å². The topological polar surface area (TPSA) is 80.6 Å². The minimum Gasteiger partial charge on any atom is -0.497 e. The summed E-state index contributed by atoms with van der Waals surface area (Å²) in [7, 11) is 3.32. The average molecular weight is 355 g/mol. The van der Waals surface area contributed by atoms with E-state index in [9.17, 15) is 4.79 Å². The number of carbonyl (C=O) groups excluding carboxylic acids is 1. The first-order chi connectivity index (χ1) is 12.6. The number of nitrogens with one attached hydrogen (secondary N) is 1. The van der Waals surface area contributed by atoms with E-state index < -0.39 is 0 Å². The number of H-pyrrole nitrogens is 1. The molecule has 0 saturated heterocycles. The fraction of sp³-hybridized carbons (Fsp3) is 0.263. The maximum absolute atomic E-state index is 12.6. The van der Waals surface area contributed by atoms with Gasteiger partial charge in [-0.15, -0.1) is 0 Å². The summed E-state index contributed by atoms with van der Waals surface area (Å²) < 4.78 is 16.2. The fourth-order valence-electron chi connectivity index (χ4n) is 2.47. The van der Waals surface area contributed by atoms with Crippen molar-refractivity contribution in [1.29, 1.82) is 0 Å². The van der Waals surface area contributed by atoms with Crippen LogP contribution in [0.25, 0.3) is 0 Å². The SMILES string of the molecule is COc1cccc(OCc2cc(C(=O)N(C)C(C)c3ccco3)n[nH]2)c1. The number of hydrogen-bond acceptors (Lipinski definition) is 5. The predicted molar refractivity (Wildman–Crippen MR) is 95.1 cm³/mol. The number of nitrogens with zero attached hydrogens (tertiary/aromatic N) is 2. The minimum atomic E-state index is -0.196. The lowest BCUT2D eigenvalue weighted by Gasteiger charge is -2.22. The van der Waals surface area contributed by atoms with Gasteiger partial charge in [0, 0.05) is 13.1 Å². The third kappa shape index (κ3) is 3.88. The molecule has 136 valence electrons. The number of furan rings is 1. The normalized spacial score (nSPS) is 11.8. The molecule has 3 rings (SSSR count). The molecule has 1 atom stereocenters. The number of hydrogen-bond donors (Lipinski definition) is 1. The molecule has 0 aliphatic rings. The summed E-state index contributed by atoms with van der Waals surface area (Å²) in [5, 5.41) is 6.93. The summed E-state index contributed by atoms with van der Waals surface area (Å²) >= 11 is 0. The number of methoxy groups -OCH3 is 1. The van der Waals surface area contributed by atoms with Gasteiger partial charge in [0.25, 0.3) is 5.91 Å². The van der Waals surface area contributed by atoms with Gasteiger partial charge in [-0.1, -0.05) is 6.07 Å². The van der Waals surface area contributed by atoms with Gasteiger partial charge in [0.15, 0.2) is 5.69 Å². The van der Waals surface area contributed by atoms with Crippen LogP contribution in [0.1, 0.15) is 34.9 Å². The zero-order chi connectivity index (χ0) is 18.5. The highest BCUT2D eigenvalue weighted by Gasteiger charge is 2.22. The van der Waals surface area contributed by atoms with Gasteiger partial charge < -0.3 is 18.8 Å². The average Bonchev–Trinajstić information content (AvgIpc) is 3.36. The molecule has 2 heterocycles. The lowest BCUT2D eigenvalue weighted by molar-refractivity contribution is 0.0720. The minimum absolute atomic E-state index is 0.189. The number of amides is 1. The summed E-state index contributed by atoms with van der Waals surface area (Å²) in [5.41, 5.74) is 1.03. The first-order valence-electron chi connectivity index (χ1n) is 8.20. The van der Waals surface area contributed by atoms with Crippen LogP contribution < -0.4 is 9.47 Å². The Morgan fingerprint density at radius 2 is 2.08 bits per heavy atom. The Kier molecular flexibility index (Phi) is 5.26. The van der Waals surface area contributed by atoms with Gasteiger partial charge in [-0.05, 0) is 37.3 Å². The van der Waals surface area contributed by atoms with E-state index in [1.165, 1.54) is 0 Å². The molecule has 7 nitrogen and oxygen atoms in total. The van der Waals surface area contributed by atoms with Crippen molar-refractivity contribution >= 4 is 5.91 Å². The molecule has 2 aromatic heterocycles. The second kappa shape index (κ2) is 7.77. The maximum atomic E-state index is 12.6. The Morgan fingerprint density at radius 3 is 2.81 bits per heavy atom. The van der Waals surface area contributed by atoms with Gasteiger partial charge in [-0.2, -0.15) is 5.10 Å². The molecule has 0 fully saturated rings. The molecule has 0 aliphatic carbocycles. The van der Waals surface area contributed by atoms with E-state index in [0.29, 0.717) is 17.1 Å². The quantitative estimate of drug-likeness (QED) is 0.702. The molecule has 3 aromatic rings. The van der Waals surface area contributed by atoms with Crippen molar-refractivity contribution in [2.45, 2.75) is 19.6 Å². The molecule has 7 heteroatoms. The van der Waals surface area contributed by atoms with Crippen LogP contribution in [-0.4, -0.2) is 35.2 Å². The summed E-state index contributed by atoms with van der Waals surface area (Å²) in [6.45, 7) is 2.17. The molecular formula is C19H21N3O4. The molecule has 0 spiro atoms. The van der Waals surface area contributed by atoms with Crippen LogP contribution in [0, 0.1) is 0 Å². The van der Waals surface area contributed by atoms with Crippen molar-refractivity contribution in [3.05, 3.63) is 65.9 Å². The highest BCUT2D eigenvalue weighted by Crippen LogP contribution is 2.22. The molecular weight excluding hydrogens is 334 g/mol. The number of aromatic nitrogens is 2. The van der Waals surface area contributed by atoms with Crippen LogP contribution in [0.5, 0.6) is 11.5 Å². The van der Waals surface area contributed by atoms with E-state index >= 15 is 0 Å². The van der Waals surface area contributed by atoms with E-state index in [1.807, 2.05) is 31.2 Å². The van der Waals surface area contributed by atoms with Crippen LogP contribution in [0.2, 0.25) is 0 Å². The first kappa shape index (κ1) is 17.6. The molecule has 0 aliphatic heterocycles. The molecule has 26 heavy (non-hydrogen) atoms. The standard InChI is InChI=1S/C19H21N3O4/c1-13(18-8-5-9-25-18)22(2)19(23)17-10-14(20-21-17)12-26-16-7-4-6-15(11-16)24-3/h4-11,13H,12H2,1-3H3,(H,20,21). The lowest BCUT2D eigenvalue weighted by Crippen LogP contribution is -2.29. The number of aromatic amines is 1. The van der Waals surface area contributed by atoms with Gasteiger partial charge in [0.2, 0.25) is 0 Å². The molecule has 0 bridgehead atoms. The molecule has 0 radical (unpaired) electrons. The van der Waals surface area contributed by atoms with Crippen molar-refractivity contribution in [3.63, 3.8) is 0 Å². The first-order valence-corrected chi connectivity index (χ1v) is 8.20. The zero-order valence-electron chi connectivity index (χ0n) is 14.9. The van der Waals surface area contributed by atoms with Gasteiger partial charge in [0.05, 0.1) is 25.1 Å². The highest BCUT2D eigenvalue weighted by atomic mass is 16.5. The van der Waals surface area contributed by atoms with E-state index in [2.05, 4.69) is 10.2 Å². The van der Waals surface area contributed by atoms with Gasteiger partial charge >= 0.3 is 0 Å². The van der Waals surface area contributed by atoms with Crippen molar-refractivity contribution in [1.82, 2.24) is 15.1 Å². The Hall–Kier alpha value is -3.22. The Labute approximate surface area is 151 Å². The smallest absolute Gasteiger partial charge is 0.274 e. The zero-order valence-corrected chi connectivity index (χ0v) is 14.9. The summed E-state index contributed by atoms with van der Waals surface area (Å²) in [5.74, 6) is 1.92. The van der Waals surface area contributed by atoms with Crippen LogP contribution in [0.3, 0.4) is 0 Å². The summed E-state index contributed by atoms with van der Waals surface area (Å²) in [6, 6.07) is 12.5. The molecule has 0 saturated carbocycles. The molecule has 1 N–H and O–H groups in total. The largest absolute Gasteiger partial charge is 0.497 e. The summed E-state index contributed by atoms with van der Waals surface area (Å²) in [6.07, 6.45) is 1.59. The van der Waals surface area contributed by atoms with Gasteiger partial charge in [0.1, 0.15) is 23.9 Å². The molecule has 1 unspecified atom stereocenters. The van der Waals surface area contributed by atoms with E-state index in [0.717, 1.165) is 11.5 Å². The number of carbonyl (C=O) groups is 1. The number of rotatable bonds is 7. The van der Waals surface area contributed by atoms with E-state index in [-0.39, 0.29) is 18.6 Å². The monoisotopic (exact) mass is 355 g/mol.